The molecule has 3 nitrogen and oxygen atoms in total. The topological polar surface area (TPSA) is 32.3 Å². The molecule has 0 saturated carbocycles. The SMILES string of the molecule is CC(=O)N1CCC(NCCC(F)(F)F)CC1. The molecule has 0 aromatic heterocycles. The number of nitrogens with zero attached hydrogens (tertiary/aromatic N) is 1. The number of likely N-dealkylation sites (tertiary alicyclic amines) is 1. The number of hydrogen-bond donors (Lipinski definition) is 1. The monoisotopic (exact) mass is 238 g/mol. The number of carbonyl (C=O) groups excluding carboxylic acids is 1. The lowest BCUT2D eigenvalue weighted by atomic mass is 10.1. The van der Waals surface area contributed by atoms with Gasteiger partial charge in [-0.2, -0.15) is 13.2 Å². The summed E-state index contributed by atoms with van der Waals surface area (Å²) in [5.74, 6) is 0.0359. The van der Waals surface area contributed by atoms with Crippen molar-refractivity contribution in [2.24, 2.45) is 0 Å². The van der Waals surface area contributed by atoms with Gasteiger partial charge in [-0.3, -0.25) is 4.79 Å². The van der Waals surface area contributed by atoms with Gasteiger partial charge in [-0.1, -0.05) is 0 Å². The minimum absolute atomic E-state index is 0.0335. The summed E-state index contributed by atoms with van der Waals surface area (Å²) in [4.78, 5) is 12.7. The largest absolute Gasteiger partial charge is 0.390 e. The van der Waals surface area contributed by atoms with E-state index in [1.165, 1.54) is 6.92 Å². The Hall–Kier alpha value is -0.780. The highest BCUT2D eigenvalue weighted by Gasteiger charge is 2.27. The van der Waals surface area contributed by atoms with Crippen LogP contribution in [0.1, 0.15) is 26.2 Å². The van der Waals surface area contributed by atoms with Gasteiger partial charge in [0, 0.05) is 32.6 Å². The van der Waals surface area contributed by atoms with E-state index in [1.54, 1.807) is 4.90 Å². The lowest BCUT2D eigenvalue weighted by molar-refractivity contribution is -0.133. The molecule has 1 aliphatic rings. The van der Waals surface area contributed by atoms with Crippen LogP contribution in [0.4, 0.5) is 13.2 Å². The van der Waals surface area contributed by atoms with E-state index in [-0.39, 0.29) is 18.5 Å². The maximum Gasteiger partial charge on any atom is 0.390 e. The van der Waals surface area contributed by atoms with Gasteiger partial charge in [-0.05, 0) is 12.8 Å². The van der Waals surface area contributed by atoms with Crippen LogP contribution in [0.15, 0.2) is 0 Å². The fraction of sp³-hybridized carbons (Fsp3) is 0.900. The van der Waals surface area contributed by atoms with Gasteiger partial charge in [-0.25, -0.2) is 0 Å². The Morgan fingerprint density at radius 2 is 1.94 bits per heavy atom. The molecule has 0 radical (unpaired) electrons. The Balaban J connectivity index is 2.15. The number of alkyl halides is 3. The molecule has 1 amide bonds. The fourth-order valence-electron chi connectivity index (χ4n) is 1.82. The predicted octanol–water partition coefficient (Wildman–Crippen LogP) is 1.54. The average Bonchev–Trinajstić information content (AvgIpc) is 2.16. The first kappa shape index (κ1) is 13.3. The van der Waals surface area contributed by atoms with Gasteiger partial charge in [0.1, 0.15) is 0 Å². The van der Waals surface area contributed by atoms with Crippen molar-refractivity contribution in [1.82, 2.24) is 10.2 Å². The molecule has 94 valence electrons. The first-order valence-electron chi connectivity index (χ1n) is 5.44. The van der Waals surface area contributed by atoms with E-state index in [0.29, 0.717) is 13.1 Å². The summed E-state index contributed by atoms with van der Waals surface area (Å²) >= 11 is 0. The summed E-state index contributed by atoms with van der Waals surface area (Å²) in [6.07, 6.45) is -3.41. The number of nitrogens with one attached hydrogen (secondary N) is 1. The maximum atomic E-state index is 11.9. The minimum atomic E-state index is -4.09. The molecule has 1 heterocycles. The van der Waals surface area contributed by atoms with Crippen molar-refractivity contribution >= 4 is 5.91 Å². The van der Waals surface area contributed by atoms with E-state index in [0.717, 1.165) is 12.8 Å². The molecular formula is C10H17F3N2O. The predicted molar refractivity (Wildman–Crippen MR) is 54.0 cm³/mol. The summed E-state index contributed by atoms with van der Waals surface area (Å²) < 4.78 is 35.7. The van der Waals surface area contributed by atoms with Gasteiger partial charge < -0.3 is 10.2 Å². The van der Waals surface area contributed by atoms with Crippen LogP contribution < -0.4 is 5.32 Å². The zero-order valence-corrected chi connectivity index (χ0v) is 9.31. The van der Waals surface area contributed by atoms with Gasteiger partial charge in [0.15, 0.2) is 0 Å². The maximum absolute atomic E-state index is 11.9. The zero-order chi connectivity index (χ0) is 12.2. The van der Waals surface area contributed by atoms with E-state index in [1.807, 2.05) is 0 Å². The van der Waals surface area contributed by atoms with Crippen LogP contribution in [0.3, 0.4) is 0 Å². The third-order valence-electron chi connectivity index (χ3n) is 2.78. The number of rotatable bonds is 3. The summed E-state index contributed by atoms with van der Waals surface area (Å²) in [5.41, 5.74) is 0. The first-order valence-corrected chi connectivity index (χ1v) is 5.44. The second kappa shape index (κ2) is 5.52. The second-order valence-electron chi connectivity index (χ2n) is 4.10. The summed E-state index contributed by atoms with van der Waals surface area (Å²) in [6.45, 7) is 2.75. The van der Waals surface area contributed by atoms with Crippen molar-refractivity contribution in [2.45, 2.75) is 38.4 Å². The number of halogens is 3. The quantitative estimate of drug-likeness (QED) is 0.809. The van der Waals surface area contributed by atoms with E-state index < -0.39 is 12.6 Å². The Kier molecular flexibility index (Phi) is 4.58. The van der Waals surface area contributed by atoms with Gasteiger partial charge in [-0.15, -0.1) is 0 Å². The van der Waals surface area contributed by atoms with Crippen molar-refractivity contribution in [3.05, 3.63) is 0 Å². The van der Waals surface area contributed by atoms with Crippen LogP contribution >= 0.6 is 0 Å². The third kappa shape index (κ3) is 4.83. The molecule has 16 heavy (non-hydrogen) atoms. The molecule has 0 bridgehead atoms. The highest BCUT2D eigenvalue weighted by Crippen LogP contribution is 2.19. The molecule has 0 aromatic rings. The fourth-order valence-corrected chi connectivity index (χ4v) is 1.82. The summed E-state index contributed by atoms with van der Waals surface area (Å²) in [5, 5.41) is 2.88. The molecular weight excluding hydrogens is 221 g/mol. The van der Waals surface area contributed by atoms with Crippen molar-refractivity contribution in [1.29, 1.82) is 0 Å². The molecule has 1 aliphatic heterocycles. The Morgan fingerprint density at radius 3 is 2.38 bits per heavy atom. The molecule has 1 saturated heterocycles. The number of amides is 1. The van der Waals surface area contributed by atoms with Crippen LogP contribution in [0.2, 0.25) is 0 Å². The van der Waals surface area contributed by atoms with Gasteiger partial charge in [0.25, 0.3) is 0 Å². The third-order valence-corrected chi connectivity index (χ3v) is 2.78. The lowest BCUT2D eigenvalue weighted by Crippen LogP contribution is -2.44. The van der Waals surface area contributed by atoms with Crippen LogP contribution in [-0.4, -0.2) is 42.7 Å². The Morgan fingerprint density at radius 1 is 1.38 bits per heavy atom. The van der Waals surface area contributed by atoms with Gasteiger partial charge >= 0.3 is 6.18 Å². The minimum Gasteiger partial charge on any atom is -0.343 e. The van der Waals surface area contributed by atoms with Gasteiger partial charge in [0.05, 0.1) is 6.42 Å². The van der Waals surface area contributed by atoms with Crippen LogP contribution in [-0.2, 0) is 4.79 Å². The summed E-state index contributed by atoms with van der Waals surface area (Å²) in [7, 11) is 0. The normalized spacial score (nSPS) is 18.9. The average molecular weight is 238 g/mol. The molecule has 1 rings (SSSR count). The van der Waals surface area contributed by atoms with E-state index in [4.69, 9.17) is 0 Å². The molecule has 0 aromatic carbocycles. The van der Waals surface area contributed by atoms with Crippen molar-refractivity contribution in [2.75, 3.05) is 19.6 Å². The van der Waals surface area contributed by atoms with E-state index in [2.05, 4.69) is 5.32 Å². The number of carbonyl (C=O) groups is 1. The molecule has 0 unspecified atom stereocenters. The molecule has 1 fully saturated rings. The highest BCUT2D eigenvalue weighted by molar-refractivity contribution is 5.73. The summed E-state index contributed by atoms with van der Waals surface area (Å²) in [6, 6.07) is 0.109. The second-order valence-corrected chi connectivity index (χ2v) is 4.10. The van der Waals surface area contributed by atoms with Crippen molar-refractivity contribution in [3.8, 4) is 0 Å². The zero-order valence-electron chi connectivity index (χ0n) is 9.31. The standard InChI is InChI=1S/C10H17F3N2O/c1-8(16)15-6-2-9(3-7-15)14-5-4-10(11,12)13/h9,14H,2-7H2,1H3. The van der Waals surface area contributed by atoms with Crippen molar-refractivity contribution in [3.63, 3.8) is 0 Å². The van der Waals surface area contributed by atoms with E-state index in [9.17, 15) is 18.0 Å². The Bertz CT molecular complexity index is 235. The van der Waals surface area contributed by atoms with Crippen molar-refractivity contribution < 1.29 is 18.0 Å². The van der Waals surface area contributed by atoms with Gasteiger partial charge in [0.2, 0.25) is 5.91 Å². The van der Waals surface area contributed by atoms with Crippen LogP contribution in [0.5, 0.6) is 0 Å². The smallest absolute Gasteiger partial charge is 0.343 e. The number of hydrogen-bond acceptors (Lipinski definition) is 2. The van der Waals surface area contributed by atoms with Crippen LogP contribution in [0.25, 0.3) is 0 Å². The Labute approximate surface area is 93.0 Å². The molecule has 0 spiro atoms. The van der Waals surface area contributed by atoms with Crippen LogP contribution in [0, 0.1) is 0 Å². The highest BCUT2D eigenvalue weighted by atomic mass is 19.4. The molecule has 1 N–H and O–H groups in total. The van der Waals surface area contributed by atoms with E-state index >= 15 is 0 Å². The molecule has 6 heteroatoms. The number of piperidine rings is 1. The molecule has 0 atom stereocenters. The first-order chi connectivity index (χ1) is 7.38. The lowest BCUT2D eigenvalue weighted by Gasteiger charge is -2.31. The molecule has 0 aliphatic carbocycles.